The molecule has 0 aromatic heterocycles. The molecule has 2 aromatic carbocycles. The quantitative estimate of drug-likeness (QED) is 0.869. The molecule has 0 saturated carbocycles. The van der Waals surface area contributed by atoms with E-state index in [0.29, 0.717) is 6.04 Å². The van der Waals surface area contributed by atoms with Crippen molar-refractivity contribution in [3.8, 4) is 5.75 Å². The summed E-state index contributed by atoms with van der Waals surface area (Å²) in [5, 5.41) is 3.43. The summed E-state index contributed by atoms with van der Waals surface area (Å²) in [7, 11) is 3.76. The third-order valence-electron chi connectivity index (χ3n) is 3.48. The molecule has 0 aliphatic rings. The van der Waals surface area contributed by atoms with Crippen molar-refractivity contribution in [2.45, 2.75) is 26.4 Å². The van der Waals surface area contributed by atoms with Gasteiger partial charge in [-0.3, -0.25) is 0 Å². The van der Waals surface area contributed by atoms with Gasteiger partial charge in [0.05, 0.1) is 12.8 Å². The Labute approximate surface area is 127 Å². The summed E-state index contributed by atoms with van der Waals surface area (Å²) in [6.07, 6.45) is 0. The first kappa shape index (κ1) is 15.4. The second kappa shape index (κ2) is 7.14. The SMILES string of the molecule is COc1ccccc1N(C)c1ccc(CNC(C)C)cc1. The monoisotopic (exact) mass is 284 g/mol. The standard InChI is InChI=1S/C18H24N2O/c1-14(2)19-13-15-9-11-16(12-10-15)20(3)17-7-5-6-8-18(17)21-4/h5-12,14,19H,13H2,1-4H3. The van der Waals surface area contributed by atoms with E-state index in [4.69, 9.17) is 4.74 Å². The van der Waals surface area contributed by atoms with E-state index in [1.54, 1.807) is 7.11 Å². The maximum atomic E-state index is 5.42. The molecule has 3 nitrogen and oxygen atoms in total. The molecular weight excluding hydrogens is 260 g/mol. The molecule has 1 N–H and O–H groups in total. The van der Waals surface area contributed by atoms with Gasteiger partial charge in [-0.1, -0.05) is 38.1 Å². The summed E-state index contributed by atoms with van der Waals surface area (Å²) in [6, 6.07) is 17.2. The fourth-order valence-electron chi connectivity index (χ4n) is 2.21. The smallest absolute Gasteiger partial charge is 0.142 e. The summed E-state index contributed by atoms with van der Waals surface area (Å²) >= 11 is 0. The highest BCUT2D eigenvalue weighted by Crippen LogP contribution is 2.32. The van der Waals surface area contributed by atoms with Crippen LogP contribution in [-0.4, -0.2) is 20.2 Å². The van der Waals surface area contributed by atoms with Crippen molar-refractivity contribution < 1.29 is 4.74 Å². The number of nitrogens with zero attached hydrogens (tertiary/aromatic N) is 1. The summed E-state index contributed by atoms with van der Waals surface area (Å²) in [4.78, 5) is 2.14. The molecule has 0 radical (unpaired) electrons. The minimum Gasteiger partial charge on any atom is -0.495 e. The predicted octanol–water partition coefficient (Wildman–Crippen LogP) is 3.96. The Morgan fingerprint density at radius 3 is 2.33 bits per heavy atom. The van der Waals surface area contributed by atoms with Crippen LogP contribution in [-0.2, 0) is 6.54 Å². The van der Waals surface area contributed by atoms with Crippen LogP contribution < -0.4 is 15.0 Å². The van der Waals surface area contributed by atoms with Crippen LogP contribution in [0.3, 0.4) is 0 Å². The molecule has 2 aromatic rings. The number of hydrogen-bond acceptors (Lipinski definition) is 3. The third kappa shape index (κ3) is 3.99. The predicted molar refractivity (Wildman–Crippen MR) is 89.5 cm³/mol. The van der Waals surface area contributed by atoms with E-state index >= 15 is 0 Å². The van der Waals surface area contributed by atoms with Crippen LogP contribution in [0.15, 0.2) is 48.5 Å². The lowest BCUT2D eigenvalue weighted by atomic mass is 10.1. The second-order valence-electron chi connectivity index (χ2n) is 5.43. The molecule has 0 fully saturated rings. The van der Waals surface area contributed by atoms with E-state index in [2.05, 4.69) is 61.4 Å². The Hall–Kier alpha value is -2.00. The van der Waals surface area contributed by atoms with Gasteiger partial charge < -0.3 is 15.0 Å². The van der Waals surface area contributed by atoms with Gasteiger partial charge in [0.25, 0.3) is 0 Å². The average molecular weight is 284 g/mol. The number of nitrogens with one attached hydrogen (secondary N) is 1. The minimum atomic E-state index is 0.501. The summed E-state index contributed by atoms with van der Waals surface area (Å²) in [5.74, 6) is 0.880. The largest absolute Gasteiger partial charge is 0.495 e. The number of methoxy groups -OCH3 is 1. The lowest BCUT2D eigenvalue weighted by molar-refractivity contribution is 0.415. The molecule has 0 unspecified atom stereocenters. The number of rotatable bonds is 6. The van der Waals surface area contributed by atoms with Crippen LogP contribution in [0.25, 0.3) is 0 Å². The fraction of sp³-hybridized carbons (Fsp3) is 0.333. The van der Waals surface area contributed by atoms with E-state index in [-0.39, 0.29) is 0 Å². The van der Waals surface area contributed by atoms with Crippen molar-refractivity contribution in [2.75, 3.05) is 19.1 Å². The molecule has 3 heteroatoms. The highest BCUT2D eigenvalue weighted by Gasteiger charge is 2.09. The van der Waals surface area contributed by atoms with E-state index in [1.807, 2.05) is 18.2 Å². The second-order valence-corrected chi connectivity index (χ2v) is 5.43. The van der Waals surface area contributed by atoms with Gasteiger partial charge in [0.1, 0.15) is 5.75 Å². The molecule has 0 spiro atoms. The number of para-hydroxylation sites is 2. The number of anilines is 2. The fourth-order valence-corrected chi connectivity index (χ4v) is 2.21. The van der Waals surface area contributed by atoms with Crippen LogP contribution in [0.1, 0.15) is 19.4 Å². The van der Waals surface area contributed by atoms with Crippen molar-refractivity contribution in [2.24, 2.45) is 0 Å². The zero-order chi connectivity index (χ0) is 15.2. The van der Waals surface area contributed by atoms with Gasteiger partial charge in [-0.15, -0.1) is 0 Å². The van der Waals surface area contributed by atoms with Gasteiger partial charge in [-0.2, -0.15) is 0 Å². The molecule has 0 aliphatic heterocycles. The molecule has 0 aliphatic carbocycles. The van der Waals surface area contributed by atoms with Crippen molar-refractivity contribution >= 4 is 11.4 Å². The summed E-state index contributed by atoms with van der Waals surface area (Å²) < 4.78 is 5.42. The van der Waals surface area contributed by atoms with Gasteiger partial charge in [-0.25, -0.2) is 0 Å². The molecule has 0 atom stereocenters. The Kier molecular flexibility index (Phi) is 5.23. The van der Waals surface area contributed by atoms with Gasteiger partial charge in [0.15, 0.2) is 0 Å². The highest BCUT2D eigenvalue weighted by atomic mass is 16.5. The van der Waals surface area contributed by atoms with Gasteiger partial charge >= 0.3 is 0 Å². The lowest BCUT2D eigenvalue weighted by Gasteiger charge is -2.22. The molecule has 21 heavy (non-hydrogen) atoms. The zero-order valence-corrected chi connectivity index (χ0v) is 13.3. The highest BCUT2D eigenvalue weighted by molar-refractivity contribution is 5.68. The molecule has 0 heterocycles. The average Bonchev–Trinajstić information content (AvgIpc) is 2.52. The Bertz CT molecular complexity index is 564. The number of ether oxygens (including phenoxy) is 1. The van der Waals surface area contributed by atoms with Crippen molar-refractivity contribution in [3.05, 3.63) is 54.1 Å². The molecule has 2 rings (SSSR count). The van der Waals surface area contributed by atoms with Crippen molar-refractivity contribution in [1.82, 2.24) is 5.32 Å². The number of benzene rings is 2. The van der Waals surface area contributed by atoms with E-state index in [9.17, 15) is 0 Å². The van der Waals surface area contributed by atoms with Crippen LogP contribution in [0.2, 0.25) is 0 Å². The Balaban J connectivity index is 2.14. The van der Waals surface area contributed by atoms with E-state index in [0.717, 1.165) is 23.7 Å². The van der Waals surface area contributed by atoms with Crippen LogP contribution in [0.4, 0.5) is 11.4 Å². The van der Waals surface area contributed by atoms with Gasteiger partial charge in [0, 0.05) is 25.3 Å². The molecular formula is C18H24N2O. The molecule has 0 amide bonds. The van der Waals surface area contributed by atoms with Crippen LogP contribution in [0.5, 0.6) is 5.75 Å². The summed E-state index contributed by atoms with van der Waals surface area (Å²) in [6.45, 7) is 5.21. The Morgan fingerprint density at radius 2 is 1.71 bits per heavy atom. The van der Waals surface area contributed by atoms with Gasteiger partial charge in [0.2, 0.25) is 0 Å². The maximum Gasteiger partial charge on any atom is 0.142 e. The molecule has 112 valence electrons. The molecule has 0 bridgehead atoms. The molecule has 0 saturated heterocycles. The van der Waals surface area contributed by atoms with Crippen LogP contribution in [0, 0.1) is 0 Å². The van der Waals surface area contributed by atoms with Crippen molar-refractivity contribution in [1.29, 1.82) is 0 Å². The van der Waals surface area contributed by atoms with Crippen LogP contribution >= 0.6 is 0 Å². The van der Waals surface area contributed by atoms with E-state index in [1.165, 1.54) is 5.56 Å². The Morgan fingerprint density at radius 1 is 1.05 bits per heavy atom. The maximum absolute atomic E-state index is 5.42. The normalized spacial score (nSPS) is 10.7. The topological polar surface area (TPSA) is 24.5 Å². The van der Waals surface area contributed by atoms with Crippen molar-refractivity contribution in [3.63, 3.8) is 0 Å². The van der Waals surface area contributed by atoms with Gasteiger partial charge in [-0.05, 0) is 29.8 Å². The minimum absolute atomic E-state index is 0.501. The first-order valence-corrected chi connectivity index (χ1v) is 7.31. The first-order valence-electron chi connectivity index (χ1n) is 7.31. The lowest BCUT2D eigenvalue weighted by Crippen LogP contribution is -2.21. The zero-order valence-electron chi connectivity index (χ0n) is 13.3. The van der Waals surface area contributed by atoms with E-state index < -0.39 is 0 Å². The first-order chi connectivity index (χ1) is 10.1. The number of hydrogen-bond donors (Lipinski definition) is 1. The summed E-state index contributed by atoms with van der Waals surface area (Å²) in [5.41, 5.74) is 3.50. The third-order valence-corrected chi connectivity index (χ3v) is 3.48.